The molecule has 0 aliphatic carbocycles. The van der Waals surface area contributed by atoms with E-state index in [0.29, 0.717) is 18.5 Å². The minimum atomic E-state index is -0.0957. The minimum Gasteiger partial charge on any atom is -0.351 e. The Kier molecular flexibility index (Phi) is 4.20. The lowest BCUT2D eigenvalue weighted by atomic mass is 10.1. The summed E-state index contributed by atoms with van der Waals surface area (Å²) in [5.74, 6) is 0.0460. The first-order valence-electron chi connectivity index (χ1n) is 7.28. The number of benzene rings is 1. The standard InChI is InChI=1S/C16H18N2O2S/c19-15(18-9-3-4-10-18)7-8-17-16(20)13-11-21-14-6-2-1-5-12(13)14/h1-2,5-6,11H,3-4,7-10H2,(H,17,20). The molecular formula is C16H18N2O2S. The number of nitrogens with one attached hydrogen (secondary N) is 1. The summed E-state index contributed by atoms with van der Waals surface area (Å²) in [6, 6.07) is 7.86. The molecule has 5 heteroatoms. The smallest absolute Gasteiger partial charge is 0.252 e. The van der Waals surface area contributed by atoms with Gasteiger partial charge in [0.25, 0.3) is 5.91 Å². The minimum absolute atomic E-state index is 0.0957. The van der Waals surface area contributed by atoms with Crippen LogP contribution in [0.4, 0.5) is 0 Å². The highest BCUT2D eigenvalue weighted by molar-refractivity contribution is 7.17. The normalized spacial score (nSPS) is 14.6. The number of carbonyl (C=O) groups excluding carboxylic acids is 2. The molecule has 1 aromatic carbocycles. The van der Waals surface area contributed by atoms with Crippen molar-refractivity contribution in [2.24, 2.45) is 0 Å². The first kappa shape index (κ1) is 14.1. The van der Waals surface area contributed by atoms with Crippen molar-refractivity contribution in [1.82, 2.24) is 10.2 Å². The fraction of sp³-hybridized carbons (Fsp3) is 0.375. The summed E-state index contributed by atoms with van der Waals surface area (Å²) >= 11 is 1.57. The molecule has 110 valence electrons. The lowest BCUT2D eigenvalue weighted by Crippen LogP contribution is -2.32. The predicted molar refractivity (Wildman–Crippen MR) is 84.6 cm³/mol. The van der Waals surface area contributed by atoms with Gasteiger partial charge in [-0.15, -0.1) is 11.3 Å². The van der Waals surface area contributed by atoms with Crippen LogP contribution in [0.2, 0.25) is 0 Å². The van der Waals surface area contributed by atoms with Gasteiger partial charge in [-0.3, -0.25) is 9.59 Å². The molecule has 0 bridgehead atoms. The lowest BCUT2D eigenvalue weighted by Gasteiger charge is -2.15. The fourth-order valence-corrected chi connectivity index (χ4v) is 3.60. The Morgan fingerprint density at radius 3 is 2.76 bits per heavy atom. The van der Waals surface area contributed by atoms with Crippen molar-refractivity contribution in [1.29, 1.82) is 0 Å². The van der Waals surface area contributed by atoms with E-state index in [-0.39, 0.29) is 11.8 Å². The molecule has 1 N–H and O–H groups in total. The first-order chi connectivity index (χ1) is 10.3. The third kappa shape index (κ3) is 3.08. The van der Waals surface area contributed by atoms with Crippen LogP contribution in [0.3, 0.4) is 0 Å². The van der Waals surface area contributed by atoms with Crippen LogP contribution in [0, 0.1) is 0 Å². The van der Waals surface area contributed by atoms with E-state index in [4.69, 9.17) is 0 Å². The Labute approximate surface area is 127 Å². The molecule has 4 nitrogen and oxygen atoms in total. The van der Waals surface area contributed by atoms with Gasteiger partial charge in [0.15, 0.2) is 0 Å². The fourth-order valence-electron chi connectivity index (χ4n) is 2.66. The van der Waals surface area contributed by atoms with Crippen LogP contribution in [-0.2, 0) is 4.79 Å². The molecule has 1 aromatic heterocycles. The molecule has 0 radical (unpaired) electrons. The number of nitrogens with zero attached hydrogens (tertiary/aromatic N) is 1. The predicted octanol–water partition coefficient (Wildman–Crippen LogP) is 2.64. The van der Waals surface area contributed by atoms with Gasteiger partial charge in [0.1, 0.15) is 0 Å². The summed E-state index contributed by atoms with van der Waals surface area (Å²) in [6.07, 6.45) is 2.58. The molecule has 0 spiro atoms. The maximum atomic E-state index is 12.2. The van der Waals surface area contributed by atoms with Crippen molar-refractivity contribution in [2.75, 3.05) is 19.6 Å². The third-order valence-electron chi connectivity index (χ3n) is 3.81. The molecule has 1 saturated heterocycles. The summed E-state index contributed by atoms with van der Waals surface area (Å²) < 4.78 is 1.11. The second-order valence-electron chi connectivity index (χ2n) is 5.24. The summed E-state index contributed by atoms with van der Waals surface area (Å²) in [5.41, 5.74) is 0.698. The molecular weight excluding hydrogens is 284 g/mol. The molecule has 0 unspecified atom stereocenters. The van der Waals surface area contributed by atoms with E-state index in [2.05, 4.69) is 5.32 Å². The van der Waals surface area contributed by atoms with Crippen molar-refractivity contribution in [3.63, 3.8) is 0 Å². The van der Waals surface area contributed by atoms with E-state index in [1.165, 1.54) is 0 Å². The highest BCUT2D eigenvalue weighted by Crippen LogP contribution is 2.25. The van der Waals surface area contributed by atoms with Crippen molar-refractivity contribution in [3.8, 4) is 0 Å². The quantitative estimate of drug-likeness (QED) is 0.944. The first-order valence-corrected chi connectivity index (χ1v) is 8.16. The van der Waals surface area contributed by atoms with Crippen LogP contribution in [-0.4, -0.2) is 36.3 Å². The summed E-state index contributed by atoms with van der Waals surface area (Å²) in [4.78, 5) is 26.0. The van der Waals surface area contributed by atoms with E-state index < -0.39 is 0 Å². The average Bonchev–Trinajstić information content (AvgIpc) is 3.16. The van der Waals surface area contributed by atoms with E-state index in [0.717, 1.165) is 36.0 Å². The Bertz CT molecular complexity index is 659. The van der Waals surface area contributed by atoms with E-state index in [1.54, 1.807) is 11.3 Å². The number of hydrogen-bond donors (Lipinski definition) is 1. The number of hydrogen-bond acceptors (Lipinski definition) is 3. The van der Waals surface area contributed by atoms with Crippen LogP contribution in [0.5, 0.6) is 0 Å². The molecule has 21 heavy (non-hydrogen) atoms. The van der Waals surface area contributed by atoms with Crippen LogP contribution >= 0.6 is 11.3 Å². The van der Waals surface area contributed by atoms with Gasteiger partial charge in [-0.1, -0.05) is 18.2 Å². The molecule has 0 atom stereocenters. The second-order valence-corrected chi connectivity index (χ2v) is 6.15. The Hall–Kier alpha value is -1.88. The number of fused-ring (bicyclic) bond motifs is 1. The van der Waals surface area contributed by atoms with Crippen molar-refractivity contribution < 1.29 is 9.59 Å². The topological polar surface area (TPSA) is 49.4 Å². The zero-order valence-corrected chi connectivity index (χ0v) is 12.6. The molecule has 1 aliphatic heterocycles. The van der Waals surface area contributed by atoms with Gasteiger partial charge < -0.3 is 10.2 Å². The lowest BCUT2D eigenvalue weighted by molar-refractivity contribution is -0.129. The zero-order valence-electron chi connectivity index (χ0n) is 11.8. The van der Waals surface area contributed by atoms with Gasteiger partial charge in [0.05, 0.1) is 5.56 Å². The number of amides is 2. The van der Waals surface area contributed by atoms with Gasteiger partial charge in [-0.05, 0) is 18.9 Å². The number of carbonyl (C=O) groups is 2. The van der Waals surface area contributed by atoms with E-state index in [9.17, 15) is 9.59 Å². The van der Waals surface area contributed by atoms with E-state index in [1.807, 2.05) is 34.5 Å². The summed E-state index contributed by atoms with van der Waals surface area (Å²) in [7, 11) is 0. The van der Waals surface area contributed by atoms with Crippen LogP contribution in [0.15, 0.2) is 29.6 Å². The molecule has 3 rings (SSSR count). The molecule has 2 amide bonds. The third-order valence-corrected chi connectivity index (χ3v) is 4.77. The molecule has 2 heterocycles. The van der Waals surface area contributed by atoms with Crippen LogP contribution in [0.1, 0.15) is 29.6 Å². The largest absolute Gasteiger partial charge is 0.351 e. The average molecular weight is 302 g/mol. The van der Waals surface area contributed by atoms with Gasteiger partial charge in [-0.25, -0.2) is 0 Å². The number of likely N-dealkylation sites (tertiary alicyclic amines) is 1. The Morgan fingerprint density at radius 2 is 1.95 bits per heavy atom. The summed E-state index contributed by atoms with van der Waals surface area (Å²) in [5, 5.41) is 5.71. The number of thiophene rings is 1. The Morgan fingerprint density at radius 1 is 1.19 bits per heavy atom. The maximum absolute atomic E-state index is 12.2. The maximum Gasteiger partial charge on any atom is 0.252 e. The second kappa shape index (κ2) is 6.26. The SMILES string of the molecule is O=C(NCCC(=O)N1CCCC1)c1csc2ccccc12. The van der Waals surface area contributed by atoms with Crippen LogP contribution in [0.25, 0.3) is 10.1 Å². The number of rotatable bonds is 4. The highest BCUT2D eigenvalue weighted by Gasteiger charge is 2.18. The Balaban J connectivity index is 1.55. The molecule has 0 saturated carbocycles. The summed E-state index contributed by atoms with van der Waals surface area (Å²) in [6.45, 7) is 2.13. The van der Waals surface area contributed by atoms with Gasteiger partial charge >= 0.3 is 0 Å². The van der Waals surface area contributed by atoms with Gasteiger partial charge in [0.2, 0.25) is 5.91 Å². The van der Waals surface area contributed by atoms with Crippen LogP contribution < -0.4 is 5.32 Å². The van der Waals surface area contributed by atoms with Crippen molar-refractivity contribution in [3.05, 3.63) is 35.2 Å². The van der Waals surface area contributed by atoms with Crippen molar-refractivity contribution >= 4 is 33.2 Å². The molecule has 1 fully saturated rings. The monoisotopic (exact) mass is 302 g/mol. The van der Waals surface area contributed by atoms with E-state index >= 15 is 0 Å². The highest BCUT2D eigenvalue weighted by atomic mass is 32.1. The molecule has 1 aliphatic rings. The van der Waals surface area contributed by atoms with Gasteiger partial charge in [-0.2, -0.15) is 0 Å². The zero-order chi connectivity index (χ0) is 14.7. The molecule has 2 aromatic rings. The van der Waals surface area contributed by atoms with Gasteiger partial charge in [0, 0.05) is 41.5 Å². The van der Waals surface area contributed by atoms with Crippen molar-refractivity contribution in [2.45, 2.75) is 19.3 Å².